The Labute approximate surface area is 146 Å². The van der Waals surface area contributed by atoms with Gasteiger partial charge in [-0.25, -0.2) is 0 Å². The molecule has 1 aromatic heterocycles. The van der Waals surface area contributed by atoms with Crippen LogP contribution in [-0.4, -0.2) is 39.9 Å². The first-order chi connectivity index (χ1) is 12.3. The van der Waals surface area contributed by atoms with E-state index in [1.807, 2.05) is 28.8 Å². The van der Waals surface area contributed by atoms with Crippen molar-refractivity contribution in [3.8, 4) is 11.5 Å². The first-order valence-electron chi connectivity index (χ1n) is 8.90. The van der Waals surface area contributed by atoms with E-state index >= 15 is 0 Å². The van der Waals surface area contributed by atoms with Gasteiger partial charge < -0.3 is 19.4 Å². The Morgan fingerprint density at radius 1 is 1.20 bits per heavy atom. The number of nitrogens with one attached hydrogen (secondary N) is 1. The number of nitrogens with zero attached hydrogens (tertiary/aromatic N) is 3. The van der Waals surface area contributed by atoms with E-state index in [2.05, 4.69) is 15.5 Å². The topological polar surface area (TPSA) is 78.3 Å². The van der Waals surface area contributed by atoms with Gasteiger partial charge in [0, 0.05) is 25.9 Å². The molecule has 1 unspecified atom stereocenters. The molecule has 1 N–H and O–H groups in total. The predicted molar refractivity (Wildman–Crippen MR) is 90.9 cm³/mol. The summed E-state index contributed by atoms with van der Waals surface area (Å²) in [6.07, 6.45) is 4.86. The van der Waals surface area contributed by atoms with Gasteiger partial charge in [-0.05, 0) is 25.0 Å². The van der Waals surface area contributed by atoms with Crippen molar-refractivity contribution in [2.75, 3.05) is 13.2 Å². The summed E-state index contributed by atoms with van der Waals surface area (Å²) in [7, 11) is 0. The number of hydrogen-bond donors (Lipinski definition) is 1. The van der Waals surface area contributed by atoms with Crippen molar-refractivity contribution in [3.05, 3.63) is 35.9 Å². The zero-order chi connectivity index (χ0) is 17.1. The Balaban J connectivity index is 1.31. The fraction of sp³-hybridized carbons (Fsp3) is 0.500. The van der Waals surface area contributed by atoms with Crippen LogP contribution >= 0.6 is 0 Å². The maximum absolute atomic E-state index is 12.4. The number of amides is 1. The molecule has 1 atom stereocenters. The molecular weight excluding hydrogens is 320 g/mol. The molecular formula is C18H22N4O3. The van der Waals surface area contributed by atoms with Crippen LogP contribution in [-0.2, 0) is 13.0 Å². The average molecular weight is 342 g/mol. The minimum Gasteiger partial charge on any atom is -0.486 e. The molecule has 0 spiro atoms. The van der Waals surface area contributed by atoms with E-state index in [0.29, 0.717) is 25.4 Å². The van der Waals surface area contributed by atoms with Crippen molar-refractivity contribution >= 4 is 5.91 Å². The summed E-state index contributed by atoms with van der Waals surface area (Å²) >= 11 is 0. The number of carbonyl (C=O) groups is 1. The van der Waals surface area contributed by atoms with E-state index in [1.165, 1.54) is 6.42 Å². The van der Waals surface area contributed by atoms with Crippen molar-refractivity contribution < 1.29 is 14.3 Å². The number of aromatic nitrogens is 3. The normalized spacial score (nSPS) is 19.0. The Bertz CT molecular complexity index is 759. The third-order valence-electron chi connectivity index (χ3n) is 4.63. The molecule has 7 nitrogen and oxygen atoms in total. The van der Waals surface area contributed by atoms with Crippen LogP contribution in [0.25, 0.3) is 0 Å². The summed E-state index contributed by atoms with van der Waals surface area (Å²) < 4.78 is 13.5. The van der Waals surface area contributed by atoms with Gasteiger partial charge in [0.05, 0.1) is 0 Å². The van der Waals surface area contributed by atoms with E-state index in [-0.39, 0.29) is 12.0 Å². The Morgan fingerprint density at radius 2 is 2.08 bits per heavy atom. The van der Waals surface area contributed by atoms with Gasteiger partial charge in [-0.3, -0.25) is 4.79 Å². The van der Waals surface area contributed by atoms with Gasteiger partial charge in [0.2, 0.25) is 5.82 Å². The smallest absolute Gasteiger partial charge is 0.289 e. The summed E-state index contributed by atoms with van der Waals surface area (Å²) in [5, 5.41) is 11.2. The molecule has 7 heteroatoms. The highest BCUT2D eigenvalue weighted by atomic mass is 16.6. The number of rotatable bonds is 4. The first kappa shape index (κ1) is 15.9. The highest BCUT2D eigenvalue weighted by Crippen LogP contribution is 2.31. The number of carbonyl (C=O) groups excluding carboxylic acids is 1. The molecule has 2 aliphatic heterocycles. The van der Waals surface area contributed by atoms with Crippen LogP contribution in [0.15, 0.2) is 24.3 Å². The highest BCUT2D eigenvalue weighted by Gasteiger charge is 2.22. The second-order valence-corrected chi connectivity index (χ2v) is 6.44. The molecule has 132 valence electrons. The van der Waals surface area contributed by atoms with Gasteiger partial charge >= 0.3 is 0 Å². The number of ether oxygens (including phenoxy) is 2. The van der Waals surface area contributed by atoms with Gasteiger partial charge in [0.25, 0.3) is 5.91 Å². The number of para-hydroxylation sites is 2. The van der Waals surface area contributed by atoms with Crippen molar-refractivity contribution in [2.24, 2.45) is 0 Å². The van der Waals surface area contributed by atoms with Crippen molar-refractivity contribution in [1.29, 1.82) is 0 Å². The Morgan fingerprint density at radius 3 is 3.00 bits per heavy atom. The summed E-state index contributed by atoms with van der Waals surface area (Å²) in [4.78, 5) is 12.4. The molecule has 0 bridgehead atoms. The first-order valence-corrected chi connectivity index (χ1v) is 8.90. The zero-order valence-electron chi connectivity index (χ0n) is 14.1. The summed E-state index contributed by atoms with van der Waals surface area (Å²) in [6.45, 7) is 1.83. The number of hydrogen-bond acceptors (Lipinski definition) is 5. The summed E-state index contributed by atoms with van der Waals surface area (Å²) in [6, 6.07) is 7.63. The molecule has 25 heavy (non-hydrogen) atoms. The van der Waals surface area contributed by atoms with Gasteiger partial charge in [-0.2, -0.15) is 0 Å². The fourth-order valence-electron chi connectivity index (χ4n) is 3.28. The van der Waals surface area contributed by atoms with Gasteiger partial charge in [0.15, 0.2) is 11.5 Å². The molecule has 0 saturated carbocycles. The minimum absolute atomic E-state index is 0.0642. The van der Waals surface area contributed by atoms with Crippen LogP contribution in [0.5, 0.6) is 11.5 Å². The van der Waals surface area contributed by atoms with Crippen LogP contribution in [0.1, 0.15) is 42.1 Å². The van der Waals surface area contributed by atoms with Crippen molar-refractivity contribution in [3.63, 3.8) is 0 Å². The number of fused-ring (bicyclic) bond motifs is 2. The summed E-state index contributed by atoms with van der Waals surface area (Å²) in [5.74, 6) is 2.70. The fourth-order valence-corrected chi connectivity index (χ4v) is 3.28. The maximum atomic E-state index is 12.4. The van der Waals surface area contributed by atoms with Crippen LogP contribution < -0.4 is 14.8 Å². The van der Waals surface area contributed by atoms with E-state index in [0.717, 1.165) is 43.1 Å². The molecule has 0 fully saturated rings. The molecule has 3 heterocycles. The van der Waals surface area contributed by atoms with Crippen molar-refractivity contribution in [2.45, 2.75) is 44.8 Å². The van der Waals surface area contributed by atoms with Gasteiger partial charge in [-0.1, -0.05) is 18.6 Å². The van der Waals surface area contributed by atoms with E-state index in [9.17, 15) is 4.79 Å². The molecule has 2 aliphatic rings. The standard InChI is InChI=1S/C18H22N4O3/c23-18(17-21-20-16-8-2-1-5-11-22(16)17)19-10-9-13-12-24-14-6-3-4-7-15(14)25-13/h3-4,6-7,13H,1-2,5,8-12H2,(H,19,23). The lowest BCUT2D eigenvalue weighted by Gasteiger charge is -2.26. The predicted octanol–water partition coefficient (Wildman–Crippen LogP) is 1.96. The largest absolute Gasteiger partial charge is 0.486 e. The van der Waals surface area contributed by atoms with Crippen LogP contribution in [0.4, 0.5) is 0 Å². The van der Waals surface area contributed by atoms with E-state index in [4.69, 9.17) is 9.47 Å². The lowest BCUT2D eigenvalue weighted by atomic mass is 10.2. The molecule has 0 saturated heterocycles. The van der Waals surface area contributed by atoms with E-state index < -0.39 is 0 Å². The highest BCUT2D eigenvalue weighted by molar-refractivity contribution is 5.90. The lowest BCUT2D eigenvalue weighted by molar-refractivity contribution is 0.0808. The van der Waals surface area contributed by atoms with E-state index in [1.54, 1.807) is 0 Å². The second-order valence-electron chi connectivity index (χ2n) is 6.44. The minimum atomic E-state index is -0.169. The third kappa shape index (κ3) is 3.45. The zero-order valence-corrected chi connectivity index (χ0v) is 14.1. The maximum Gasteiger partial charge on any atom is 0.289 e. The van der Waals surface area contributed by atoms with Crippen LogP contribution in [0.3, 0.4) is 0 Å². The van der Waals surface area contributed by atoms with Gasteiger partial charge in [-0.15, -0.1) is 10.2 Å². The third-order valence-corrected chi connectivity index (χ3v) is 4.63. The monoisotopic (exact) mass is 342 g/mol. The lowest BCUT2D eigenvalue weighted by Crippen LogP contribution is -2.35. The second kappa shape index (κ2) is 7.13. The molecule has 2 aromatic rings. The summed E-state index contributed by atoms with van der Waals surface area (Å²) in [5.41, 5.74) is 0. The number of benzene rings is 1. The average Bonchev–Trinajstić information content (AvgIpc) is 2.90. The van der Waals surface area contributed by atoms with Gasteiger partial charge in [0.1, 0.15) is 18.5 Å². The molecule has 4 rings (SSSR count). The van der Waals surface area contributed by atoms with Crippen LogP contribution in [0, 0.1) is 0 Å². The molecule has 0 aliphatic carbocycles. The SMILES string of the molecule is O=C(NCCC1COc2ccccc2O1)c1nnc2n1CCCCC2. The molecule has 0 radical (unpaired) electrons. The molecule has 1 aromatic carbocycles. The quantitative estimate of drug-likeness (QED) is 0.919. The van der Waals surface area contributed by atoms with Crippen molar-refractivity contribution in [1.82, 2.24) is 20.1 Å². The Kier molecular flexibility index (Phi) is 4.54. The molecule has 1 amide bonds. The number of aryl methyl sites for hydroxylation is 1. The van der Waals surface area contributed by atoms with Crippen LogP contribution in [0.2, 0.25) is 0 Å². The Hall–Kier alpha value is -2.57.